The molecular formula is C22H23FN2O2S. The highest BCUT2D eigenvalue weighted by molar-refractivity contribution is 7.16. The van der Waals surface area contributed by atoms with Crippen molar-refractivity contribution >= 4 is 33.1 Å². The van der Waals surface area contributed by atoms with E-state index in [1.807, 2.05) is 12.1 Å². The van der Waals surface area contributed by atoms with Crippen molar-refractivity contribution in [3.05, 3.63) is 65.4 Å². The third-order valence-corrected chi connectivity index (χ3v) is 4.98. The number of fused-ring (bicyclic) bond motifs is 1. The maximum absolute atomic E-state index is 14.6. The summed E-state index contributed by atoms with van der Waals surface area (Å²) in [5.74, 6) is -0.555. The van der Waals surface area contributed by atoms with E-state index in [1.54, 1.807) is 29.8 Å². The Balaban J connectivity index is 1.57. The number of hydrogen-bond acceptors (Lipinski definition) is 4. The molecule has 1 heterocycles. The minimum atomic E-state index is -0.473. The molecule has 0 atom stereocenters. The topological polar surface area (TPSA) is 51.2 Å². The lowest BCUT2D eigenvalue weighted by Gasteiger charge is -2.10. The molecule has 6 heteroatoms. The van der Waals surface area contributed by atoms with E-state index in [1.165, 1.54) is 11.3 Å². The lowest BCUT2D eigenvalue weighted by atomic mass is 10.1. The molecular weight excluding hydrogens is 375 g/mol. The van der Waals surface area contributed by atoms with Gasteiger partial charge < -0.3 is 10.1 Å². The molecule has 0 spiro atoms. The number of nitrogens with zero attached hydrogens (tertiary/aromatic N) is 1. The summed E-state index contributed by atoms with van der Waals surface area (Å²) in [5.41, 5.74) is 3.65. The maximum Gasteiger partial charge on any atom is 0.228 e. The molecule has 146 valence electrons. The molecule has 0 aliphatic heterocycles. The number of halogens is 1. The van der Waals surface area contributed by atoms with Crippen LogP contribution < -0.4 is 10.1 Å². The number of hydrogen-bond donors (Lipinski definition) is 1. The van der Waals surface area contributed by atoms with Crippen molar-refractivity contribution in [1.82, 2.24) is 4.98 Å². The summed E-state index contributed by atoms with van der Waals surface area (Å²) in [5, 5.41) is 2.82. The predicted molar refractivity (Wildman–Crippen MR) is 113 cm³/mol. The molecule has 1 N–H and O–H groups in total. The van der Waals surface area contributed by atoms with E-state index < -0.39 is 5.82 Å². The Labute approximate surface area is 168 Å². The van der Waals surface area contributed by atoms with Crippen LogP contribution in [-0.4, -0.2) is 17.5 Å². The second-order valence-electron chi connectivity index (χ2n) is 6.36. The molecule has 4 nitrogen and oxygen atoms in total. The number of carbonyl (C=O) groups excluding carboxylic acids is 1. The van der Waals surface area contributed by atoms with Crippen molar-refractivity contribution in [2.45, 2.75) is 32.6 Å². The lowest BCUT2D eigenvalue weighted by molar-refractivity contribution is -0.115. The van der Waals surface area contributed by atoms with Gasteiger partial charge in [-0.05, 0) is 43.5 Å². The first-order valence-corrected chi connectivity index (χ1v) is 10.2. The van der Waals surface area contributed by atoms with E-state index in [4.69, 9.17) is 4.74 Å². The number of thiazole rings is 1. The third kappa shape index (κ3) is 5.39. The molecule has 0 saturated carbocycles. The van der Waals surface area contributed by atoms with Crippen molar-refractivity contribution < 1.29 is 13.9 Å². The second-order valence-corrected chi connectivity index (χ2v) is 7.25. The molecule has 3 aromatic rings. The number of carbonyl (C=O) groups is 1. The molecule has 0 saturated heterocycles. The Morgan fingerprint density at radius 3 is 3.04 bits per heavy atom. The lowest BCUT2D eigenvalue weighted by Crippen LogP contribution is -2.15. The SMILES string of the molecule is CC/C=C/CCCOc1cccc(CC(=O)Nc2ccc3ncsc3c2)c1F. The summed E-state index contributed by atoms with van der Waals surface area (Å²) >= 11 is 1.51. The van der Waals surface area contributed by atoms with Gasteiger partial charge in [-0.25, -0.2) is 9.37 Å². The standard InChI is InChI=1S/C22H23FN2O2S/c1-2-3-4-5-6-12-27-19-9-7-8-16(22(19)23)13-21(26)25-17-10-11-18-20(14-17)28-15-24-18/h3-4,7-11,14-15H,2,5-6,12-13H2,1H3,(H,25,26)/b4-3+. The number of allylic oxidation sites excluding steroid dienone is 2. The van der Waals surface area contributed by atoms with Gasteiger partial charge in [0, 0.05) is 11.3 Å². The molecule has 0 radical (unpaired) electrons. The van der Waals surface area contributed by atoms with Crippen LogP contribution in [0.5, 0.6) is 5.75 Å². The number of nitrogens with one attached hydrogen (secondary N) is 1. The molecule has 28 heavy (non-hydrogen) atoms. The second kappa shape index (κ2) is 9.99. The van der Waals surface area contributed by atoms with E-state index >= 15 is 0 Å². The summed E-state index contributed by atoms with van der Waals surface area (Å²) in [6, 6.07) is 10.4. The van der Waals surface area contributed by atoms with Crippen LogP contribution in [0, 0.1) is 5.82 Å². The van der Waals surface area contributed by atoms with E-state index in [0.717, 1.165) is 29.5 Å². The summed E-state index contributed by atoms with van der Waals surface area (Å²) < 4.78 is 21.2. The molecule has 1 aromatic heterocycles. The summed E-state index contributed by atoms with van der Waals surface area (Å²) in [4.78, 5) is 16.6. The van der Waals surface area contributed by atoms with E-state index in [9.17, 15) is 9.18 Å². The van der Waals surface area contributed by atoms with Gasteiger partial charge in [0.1, 0.15) is 0 Å². The Bertz CT molecular complexity index is 968. The van der Waals surface area contributed by atoms with Crippen molar-refractivity contribution in [1.29, 1.82) is 0 Å². The third-order valence-electron chi connectivity index (χ3n) is 4.18. The average molecular weight is 399 g/mol. The number of rotatable bonds is 9. The first-order valence-electron chi connectivity index (χ1n) is 9.35. The van der Waals surface area contributed by atoms with Gasteiger partial charge in [0.15, 0.2) is 11.6 Å². The Kier molecular flexibility index (Phi) is 7.14. The van der Waals surface area contributed by atoms with Crippen molar-refractivity contribution in [3.63, 3.8) is 0 Å². The first-order chi connectivity index (χ1) is 13.7. The highest BCUT2D eigenvalue weighted by Crippen LogP contribution is 2.23. The fourth-order valence-corrected chi connectivity index (χ4v) is 3.50. The Morgan fingerprint density at radius 2 is 2.18 bits per heavy atom. The van der Waals surface area contributed by atoms with Crippen LogP contribution in [0.25, 0.3) is 10.2 Å². The zero-order chi connectivity index (χ0) is 19.8. The van der Waals surface area contributed by atoms with Gasteiger partial charge in [0.2, 0.25) is 5.91 Å². The van der Waals surface area contributed by atoms with E-state index in [-0.39, 0.29) is 18.1 Å². The quantitative estimate of drug-likeness (QED) is 0.369. The number of unbranched alkanes of at least 4 members (excludes halogenated alkanes) is 1. The molecule has 2 aromatic carbocycles. The molecule has 0 bridgehead atoms. The Hall–Kier alpha value is -2.73. The van der Waals surface area contributed by atoms with E-state index in [2.05, 4.69) is 29.4 Å². The fourth-order valence-electron chi connectivity index (χ4n) is 2.78. The van der Waals surface area contributed by atoms with Crippen LogP contribution >= 0.6 is 11.3 Å². The molecule has 3 rings (SSSR count). The highest BCUT2D eigenvalue weighted by atomic mass is 32.1. The zero-order valence-corrected chi connectivity index (χ0v) is 16.6. The number of benzene rings is 2. The van der Waals surface area contributed by atoms with Crippen LogP contribution in [0.3, 0.4) is 0 Å². The molecule has 0 aliphatic rings. The minimum absolute atomic E-state index is 0.0526. The van der Waals surface area contributed by atoms with Crippen LogP contribution in [0.4, 0.5) is 10.1 Å². The number of ether oxygens (including phenoxy) is 1. The average Bonchev–Trinajstić information content (AvgIpc) is 3.15. The predicted octanol–water partition coefficient (Wildman–Crippen LogP) is 5.74. The highest BCUT2D eigenvalue weighted by Gasteiger charge is 2.13. The summed E-state index contributed by atoms with van der Waals surface area (Å²) in [6.45, 7) is 2.53. The van der Waals surface area contributed by atoms with Gasteiger partial charge in [-0.3, -0.25) is 4.79 Å². The van der Waals surface area contributed by atoms with Crippen LogP contribution in [0.15, 0.2) is 54.1 Å². The summed E-state index contributed by atoms with van der Waals surface area (Å²) in [7, 11) is 0. The van der Waals surface area contributed by atoms with Crippen molar-refractivity contribution in [2.75, 3.05) is 11.9 Å². The van der Waals surface area contributed by atoms with Crippen LogP contribution in [-0.2, 0) is 11.2 Å². The van der Waals surface area contributed by atoms with Gasteiger partial charge in [0.05, 0.1) is 28.8 Å². The van der Waals surface area contributed by atoms with Crippen LogP contribution in [0.1, 0.15) is 31.7 Å². The van der Waals surface area contributed by atoms with Crippen molar-refractivity contribution in [3.8, 4) is 5.75 Å². The zero-order valence-electron chi connectivity index (χ0n) is 15.8. The summed E-state index contributed by atoms with van der Waals surface area (Å²) in [6.07, 6.45) is 6.89. The fraction of sp³-hybridized carbons (Fsp3) is 0.273. The molecule has 0 unspecified atom stereocenters. The first kappa shape index (κ1) is 20.0. The molecule has 1 amide bonds. The monoisotopic (exact) mass is 398 g/mol. The smallest absolute Gasteiger partial charge is 0.228 e. The Morgan fingerprint density at radius 1 is 1.29 bits per heavy atom. The minimum Gasteiger partial charge on any atom is -0.490 e. The maximum atomic E-state index is 14.6. The number of anilines is 1. The van der Waals surface area contributed by atoms with Gasteiger partial charge in [-0.2, -0.15) is 0 Å². The van der Waals surface area contributed by atoms with Crippen molar-refractivity contribution in [2.24, 2.45) is 0 Å². The molecule has 0 aliphatic carbocycles. The number of amides is 1. The van der Waals surface area contributed by atoms with Crippen LogP contribution in [0.2, 0.25) is 0 Å². The van der Waals surface area contributed by atoms with Gasteiger partial charge in [-0.15, -0.1) is 11.3 Å². The van der Waals surface area contributed by atoms with E-state index in [0.29, 0.717) is 17.9 Å². The van der Waals surface area contributed by atoms with Gasteiger partial charge >= 0.3 is 0 Å². The number of aromatic nitrogens is 1. The van der Waals surface area contributed by atoms with Gasteiger partial charge in [-0.1, -0.05) is 31.2 Å². The molecule has 0 fully saturated rings. The largest absolute Gasteiger partial charge is 0.490 e. The normalized spacial score (nSPS) is 11.2. The van der Waals surface area contributed by atoms with Gasteiger partial charge in [0.25, 0.3) is 0 Å².